The molecule has 0 radical (unpaired) electrons. The third-order valence-electron chi connectivity index (χ3n) is 6.38. The van der Waals surface area contributed by atoms with Gasteiger partial charge in [-0.05, 0) is 65.2 Å². The minimum absolute atomic E-state index is 0.200. The second-order valence-corrected chi connectivity index (χ2v) is 9.02. The number of methoxy groups -OCH3 is 1. The topological polar surface area (TPSA) is 54.7 Å². The average molecular weight is 477 g/mol. The zero-order chi connectivity index (χ0) is 25.2. The van der Waals surface area contributed by atoms with Crippen LogP contribution >= 0.6 is 0 Å². The molecule has 0 bridgehead atoms. The van der Waals surface area contributed by atoms with Crippen LogP contribution in [0.4, 0.5) is 11.4 Å². The fourth-order valence-corrected chi connectivity index (χ4v) is 4.41. The number of allylic oxidation sites excluding steroid dienone is 1. The van der Waals surface area contributed by atoms with Crippen LogP contribution in [0.25, 0.3) is 38.4 Å². The molecule has 0 aliphatic carbocycles. The third kappa shape index (κ3) is 4.56. The zero-order valence-electron chi connectivity index (χ0n) is 20.8. The van der Waals surface area contributed by atoms with Crippen molar-refractivity contribution in [3.05, 3.63) is 96.8 Å². The van der Waals surface area contributed by atoms with E-state index in [2.05, 4.69) is 35.6 Å². The van der Waals surface area contributed by atoms with Crippen LogP contribution in [-0.4, -0.2) is 27.1 Å². The first-order chi connectivity index (χ1) is 17.4. The highest BCUT2D eigenvalue weighted by molar-refractivity contribution is 6.05. The Morgan fingerprint density at radius 3 is 2.42 bits per heavy atom. The molecule has 0 fully saturated rings. The Morgan fingerprint density at radius 1 is 0.944 bits per heavy atom. The van der Waals surface area contributed by atoms with E-state index in [1.807, 2.05) is 74.4 Å². The van der Waals surface area contributed by atoms with Crippen molar-refractivity contribution in [2.45, 2.75) is 6.92 Å². The van der Waals surface area contributed by atoms with E-state index in [-0.39, 0.29) is 5.91 Å². The van der Waals surface area contributed by atoms with Crippen molar-refractivity contribution in [3.8, 4) is 16.9 Å². The number of hydrogen-bond acceptors (Lipinski definition) is 4. The lowest BCUT2D eigenvalue weighted by molar-refractivity contribution is -0.111. The highest BCUT2D eigenvalue weighted by Gasteiger charge is 2.15. The first kappa shape index (κ1) is 23.2. The highest BCUT2D eigenvalue weighted by atomic mass is 16.5. The van der Waals surface area contributed by atoms with E-state index in [1.165, 1.54) is 10.8 Å². The lowest BCUT2D eigenvalue weighted by Gasteiger charge is -2.13. The van der Waals surface area contributed by atoms with Gasteiger partial charge in [0, 0.05) is 54.1 Å². The summed E-state index contributed by atoms with van der Waals surface area (Å²) in [5.41, 5.74) is 6.25. The van der Waals surface area contributed by atoms with Crippen LogP contribution in [0.1, 0.15) is 12.5 Å². The van der Waals surface area contributed by atoms with E-state index >= 15 is 0 Å². The number of furan rings is 1. The molecule has 0 atom stereocenters. The number of nitrogens with zero attached hydrogens (tertiary/aromatic N) is 1. The number of carbonyl (C=O) groups is 1. The van der Waals surface area contributed by atoms with Crippen molar-refractivity contribution in [1.82, 2.24) is 0 Å². The monoisotopic (exact) mass is 476 g/mol. The molecule has 5 nitrogen and oxygen atoms in total. The van der Waals surface area contributed by atoms with Gasteiger partial charge in [-0.15, -0.1) is 0 Å². The van der Waals surface area contributed by atoms with Crippen LogP contribution in [0, 0.1) is 0 Å². The van der Waals surface area contributed by atoms with Crippen molar-refractivity contribution >= 4 is 44.6 Å². The molecule has 36 heavy (non-hydrogen) atoms. The number of benzene rings is 4. The summed E-state index contributed by atoms with van der Waals surface area (Å²) in [6.07, 6.45) is 3.38. The van der Waals surface area contributed by atoms with E-state index in [9.17, 15) is 4.79 Å². The van der Waals surface area contributed by atoms with Crippen LogP contribution < -0.4 is 15.0 Å². The first-order valence-electron chi connectivity index (χ1n) is 11.8. The van der Waals surface area contributed by atoms with Crippen molar-refractivity contribution in [1.29, 1.82) is 0 Å². The lowest BCUT2D eigenvalue weighted by atomic mass is 9.97. The molecule has 0 unspecified atom stereocenters. The number of rotatable bonds is 6. The molecule has 1 heterocycles. The number of ether oxygens (including phenoxy) is 1. The van der Waals surface area contributed by atoms with Crippen LogP contribution in [0.3, 0.4) is 0 Å². The summed E-state index contributed by atoms with van der Waals surface area (Å²) in [5.74, 6) is 0.452. The van der Waals surface area contributed by atoms with Crippen molar-refractivity contribution < 1.29 is 13.9 Å². The number of anilines is 2. The molecule has 1 aromatic heterocycles. The second-order valence-electron chi connectivity index (χ2n) is 9.02. The van der Waals surface area contributed by atoms with Gasteiger partial charge in [-0.25, -0.2) is 0 Å². The molecule has 0 aliphatic heterocycles. The molecule has 0 saturated carbocycles. The zero-order valence-corrected chi connectivity index (χ0v) is 20.8. The second kappa shape index (κ2) is 9.62. The van der Waals surface area contributed by atoms with Gasteiger partial charge >= 0.3 is 0 Å². The quantitative estimate of drug-likeness (QED) is 0.260. The molecule has 0 aliphatic rings. The Kier molecular flexibility index (Phi) is 6.21. The standard InChI is InChI=1S/C31H28N2O3/c1-20(15-31(34)32-24-11-13-25(14-12-24)33(2)3)26-17-27-28(19-36-30(27)18-29(26)35-4)23-10-9-21-7-5-6-8-22(21)16-23/h5-19H,1-4H3,(H,32,34)/b20-15+. The molecule has 0 spiro atoms. The minimum Gasteiger partial charge on any atom is -0.496 e. The van der Waals surface area contributed by atoms with Crippen molar-refractivity contribution in [3.63, 3.8) is 0 Å². The van der Waals surface area contributed by atoms with Gasteiger partial charge in [-0.3, -0.25) is 4.79 Å². The molecule has 1 amide bonds. The van der Waals surface area contributed by atoms with Gasteiger partial charge < -0.3 is 19.4 Å². The molecule has 4 aromatic carbocycles. The molecule has 1 N–H and O–H groups in total. The Labute approximate surface area is 210 Å². The molecule has 5 heteroatoms. The van der Waals surface area contributed by atoms with Crippen LogP contribution in [-0.2, 0) is 4.79 Å². The van der Waals surface area contributed by atoms with E-state index in [0.717, 1.165) is 44.6 Å². The Hall–Kier alpha value is -4.51. The molecule has 5 aromatic rings. The predicted octanol–water partition coefficient (Wildman–Crippen LogP) is 7.37. The van der Waals surface area contributed by atoms with Crippen molar-refractivity contribution in [2.75, 3.05) is 31.4 Å². The smallest absolute Gasteiger partial charge is 0.248 e. The summed E-state index contributed by atoms with van der Waals surface area (Å²) in [5, 5.41) is 6.27. The Morgan fingerprint density at radius 2 is 1.69 bits per heavy atom. The fourth-order valence-electron chi connectivity index (χ4n) is 4.41. The first-order valence-corrected chi connectivity index (χ1v) is 11.8. The lowest BCUT2D eigenvalue weighted by Crippen LogP contribution is -2.10. The van der Waals surface area contributed by atoms with E-state index in [0.29, 0.717) is 5.75 Å². The normalized spacial score (nSPS) is 11.6. The van der Waals surface area contributed by atoms with Crippen LogP contribution in [0.5, 0.6) is 5.75 Å². The number of amides is 1. The summed E-state index contributed by atoms with van der Waals surface area (Å²) in [6, 6.07) is 26.3. The van der Waals surface area contributed by atoms with Gasteiger partial charge in [0.1, 0.15) is 11.3 Å². The summed E-state index contributed by atoms with van der Waals surface area (Å²) >= 11 is 0. The molecular formula is C31H28N2O3. The SMILES string of the molecule is COc1cc2occ(-c3ccc4ccccc4c3)c2cc1/C(C)=C/C(=O)Nc1ccc(N(C)C)cc1. The number of hydrogen-bond donors (Lipinski definition) is 1. The van der Waals surface area contributed by atoms with E-state index in [4.69, 9.17) is 9.15 Å². The largest absolute Gasteiger partial charge is 0.496 e. The maximum Gasteiger partial charge on any atom is 0.248 e. The summed E-state index contributed by atoms with van der Waals surface area (Å²) in [4.78, 5) is 14.8. The molecule has 0 saturated heterocycles. The fraction of sp³-hybridized carbons (Fsp3) is 0.129. The van der Waals surface area contributed by atoms with Crippen molar-refractivity contribution in [2.24, 2.45) is 0 Å². The molecular weight excluding hydrogens is 448 g/mol. The maximum atomic E-state index is 12.8. The van der Waals surface area contributed by atoms with Gasteiger partial charge in [-0.1, -0.05) is 36.4 Å². The number of nitrogens with one attached hydrogen (secondary N) is 1. The van der Waals surface area contributed by atoms with Gasteiger partial charge in [0.05, 0.1) is 13.4 Å². The summed E-state index contributed by atoms with van der Waals surface area (Å²) < 4.78 is 11.5. The minimum atomic E-state index is -0.200. The van der Waals surface area contributed by atoms with Crippen LogP contribution in [0.2, 0.25) is 0 Å². The number of carbonyl (C=O) groups excluding carboxylic acids is 1. The summed E-state index contributed by atoms with van der Waals surface area (Å²) in [7, 11) is 5.59. The van der Waals surface area contributed by atoms with E-state index < -0.39 is 0 Å². The predicted molar refractivity (Wildman–Crippen MR) is 149 cm³/mol. The van der Waals surface area contributed by atoms with Gasteiger partial charge in [0.25, 0.3) is 0 Å². The summed E-state index contributed by atoms with van der Waals surface area (Å²) in [6.45, 7) is 1.91. The third-order valence-corrected chi connectivity index (χ3v) is 6.38. The number of fused-ring (bicyclic) bond motifs is 2. The van der Waals surface area contributed by atoms with Crippen LogP contribution in [0.15, 0.2) is 95.6 Å². The Balaban J connectivity index is 1.48. The molecule has 5 rings (SSSR count). The van der Waals surface area contributed by atoms with Gasteiger partial charge in [0.2, 0.25) is 5.91 Å². The highest BCUT2D eigenvalue weighted by Crippen LogP contribution is 2.38. The maximum absolute atomic E-state index is 12.8. The average Bonchev–Trinajstić information content (AvgIpc) is 3.30. The van der Waals surface area contributed by atoms with Gasteiger partial charge in [-0.2, -0.15) is 0 Å². The van der Waals surface area contributed by atoms with Gasteiger partial charge in [0.15, 0.2) is 0 Å². The van der Waals surface area contributed by atoms with E-state index in [1.54, 1.807) is 19.4 Å². The Bertz CT molecular complexity index is 1590. The molecule has 180 valence electrons.